The Kier molecular flexibility index (Phi) is 4.92. The molecule has 0 spiro atoms. The number of aromatic nitrogens is 1. The van der Waals surface area contributed by atoms with Gasteiger partial charge in [0.15, 0.2) is 0 Å². The van der Waals surface area contributed by atoms with E-state index in [1.54, 1.807) is 36.6 Å². The summed E-state index contributed by atoms with van der Waals surface area (Å²) in [6.45, 7) is 1.91. The molecule has 142 valence electrons. The molecule has 1 aromatic heterocycles. The van der Waals surface area contributed by atoms with Gasteiger partial charge in [0.1, 0.15) is 10.8 Å². The van der Waals surface area contributed by atoms with Crippen molar-refractivity contribution in [3.05, 3.63) is 65.4 Å². The van der Waals surface area contributed by atoms with Crippen LogP contribution in [0.15, 0.2) is 54.0 Å². The zero-order chi connectivity index (χ0) is 19.7. The lowest BCUT2D eigenvalue weighted by Gasteiger charge is -2.17. The van der Waals surface area contributed by atoms with Crippen LogP contribution in [0.3, 0.4) is 0 Å². The molecule has 1 aliphatic rings. The summed E-state index contributed by atoms with van der Waals surface area (Å²) in [5.74, 6) is -1.23. The average molecular weight is 395 g/mol. The Bertz CT molecular complexity index is 1020. The lowest BCUT2D eigenvalue weighted by Crippen LogP contribution is -2.28. The summed E-state index contributed by atoms with van der Waals surface area (Å²) >= 11 is 1.55. The van der Waals surface area contributed by atoms with E-state index in [1.807, 2.05) is 29.6 Å². The molecule has 1 unspecified atom stereocenters. The number of carbonyl (C=O) groups excluding carboxylic acids is 2. The van der Waals surface area contributed by atoms with Gasteiger partial charge in [-0.15, -0.1) is 11.3 Å². The number of hydrogen-bond acceptors (Lipinski definition) is 4. The van der Waals surface area contributed by atoms with E-state index in [0.29, 0.717) is 16.9 Å². The molecule has 5 nitrogen and oxygen atoms in total. The van der Waals surface area contributed by atoms with Crippen LogP contribution in [0.4, 0.5) is 15.8 Å². The molecule has 4 rings (SSSR count). The van der Waals surface area contributed by atoms with Crippen molar-refractivity contribution >= 4 is 34.5 Å². The van der Waals surface area contributed by atoms with Gasteiger partial charge in [-0.05, 0) is 48.9 Å². The van der Waals surface area contributed by atoms with E-state index in [1.165, 1.54) is 11.0 Å². The van der Waals surface area contributed by atoms with Crippen LogP contribution < -0.4 is 10.2 Å². The van der Waals surface area contributed by atoms with E-state index in [-0.39, 0.29) is 30.6 Å². The highest BCUT2D eigenvalue weighted by atomic mass is 32.1. The van der Waals surface area contributed by atoms with Crippen molar-refractivity contribution in [2.75, 3.05) is 16.8 Å². The SMILES string of the molecule is Cc1ccc(N2CC(C(=O)Nc3ccc(-c4nccs4)cc3)CC2=O)cc1F. The summed E-state index contributed by atoms with van der Waals surface area (Å²) in [7, 11) is 0. The zero-order valence-electron chi connectivity index (χ0n) is 15.2. The number of anilines is 2. The predicted molar refractivity (Wildman–Crippen MR) is 108 cm³/mol. The Balaban J connectivity index is 1.42. The Labute approximate surface area is 165 Å². The standard InChI is InChI=1S/C21H18FN3O2S/c1-13-2-7-17(11-18(13)22)25-12-15(10-19(25)26)20(27)24-16-5-3-14(4-6-16)21-23-8-9-28-21/h2-9,11,15H,10,12H2,1H3,(H,24,27). The van der Waals surface area contributed by atoms with E-state index < -0.39 is 5.92 Å². The number of thiazole rings is 1. The molecule has 1 N–H and O–H groups in total. The highest BCUT2D eigenvalue weighted by Crippen LogP contribution is 2.28. The van der Waals surface area contributed by atoms with Crippen LogP contribution >= 0.6 is 11.3 Å². The third kappa shape index (κ3) is 3.66. The van der Waals surface area contributed by atoms with E-state index in [2.05, 4.69) is 10.3 Å². The van der Waals surface area contributed by atoms with Crippen molar-refractivity contribution in [2.24, 2.45) is 5.92 Å². The Hall–Kier alpha value is -3.06. The second-order valence-electron chi connectivity index (χ2n) is 6.74. The minimum atomic E-state index is -0.476. The highest BCUT2D eigenvalue weighted by molar-refractivity contribution is 7.13. The Morgan fingerprint density at radius 2 is 2.04 bits per heavy atom. The first-order valence-electron chi connectivity index (χ1n) is 8.88. The predicted octanol–water partition coefficient (Wildman–Crippen LogP) is 4.25. The normalized spacial score (nSPS) is 16.4. The lowest BCUT2D eigenvalue weighted by atomic mass is 10.1. The molecule has 28 heavy (non-hydrogen) atoms. The van der Waals surface area contributed by atoms with Gasteiger partial charge in [-0.25, -0.2) is 9.37 Å². The van der Waals surface area contributed by atoms with Gasteiger partial charge in [-0.2, -0.15) is 0 Å². The van der Waals surface area contributed by atoms with Gasteiger partial charge in [-0.3, -0.25) is 9.59 Å². The average Bonchev–Trinajstić information content (AvgIpc) is 3.35. The number of carbonyl (C=O) groups is 2. The van der Waals surface area contributed by atoms with E-state index in [0.717, 1.165) is 10.6 Å². The molecule has 0 radical (unpaired) electrons. The van der Waals surface area contributed by atoms with Gasteiger partial charge < -0.3 is 10.2 Å². The molecule has 7 heteroatoms. The third-order valence-corrected chi connectivity index (χ3v) is 5.62. The zero-order valence-corrected chi connectivity index (χ0v) is 16.0. The molecule has 2 heterocycles. The summed E-state index contributed by atoms with van der Waals surface area (Å²) in [6, 6.07) is 12.1. The van der Waals surface area contributed by atoms with Crippen molar-refractivity contribution in [3.63, 3.8) is 0 Å². The quantitative estimate of drug-likeness (QED) is 0.718. The molecule has 3 aromatic rings. The van der Waals surface area contributed by atoms with Gasteiger partial charge in [0.05, 0.1) is 5.92 Å². The summed E-state index contributed by atoms with van der Waals surface area (Å²) in [5, 5.41) is 5.69. The Morgan fingerprint density at radius 3 is 2.71 bits per heavy atom. The third-order valence-electron chi connectivity index (χ3n) is 4.79. The van der Waals surface area contributed by atoms with Gasteiger partial charge in [0.2, 0.25) is 11.8 Å². The maximum atomic E-state index is 13.8. The first-order chi connectivity index (χ1) is 13.5. The fraction of sp³-hybridized carbons (Fsp3) is 0.190. The van der Waals surface area contributed by atoms with Gasteiger partial charge in [0.25, 0.3) is 0 Å². The van der Waals surface area contributed by atoms with Crippen LogP contribution in [-0.4, -0.2) is 23.3 Å². The molecule has 1 aliphatic heterocycles. The summed E-state index contributed by atoms with van der Waals surface area (Å²) in [4.78, 5) is 30.7. The first kappa shape index (κ1) is 18.3. The van der Waals surface area contributed by atoms with Crippen LogP contribution in [0.25, 0.3) is 10.6 Å². The molecular weight excluding hydrogens is 377 g/mol. The number of amides is 2. The second-order valence-corrected chi connectivity index (χ2v) is 7.64. The molecule has 0 bridgehead atoms. The van der Waals surface area contributed by atoms with Crippen LogP contribution in [0.1, 0.15) is 12.0 Å². The fourth-order valence-electron chi connectivity index (χ4n) is 3.19. The van der Waals surface area contributed by atoms with Gasteiger partial charge in [0, 0.05) is 41.5 Å². The summed E-state index contributed by atoms with van der Waals surface area (Å²) < 4.78 is 13.8. The number of rotatable bonds is 4. The number of hydrogen-bond donors (Lipinski definition) is 1. The number of aryl methyl sites for hydroxylation is 1. The van der Waals surface area contributed by atoms with Crippen molar-refractivity contribution in [1.82, 2.24) is 4.98 Å². The lowest BCUT2D eigenvalue weighted by molar-refractivity contribution is -0.122. The van der Waals surface area contributed by atoms with Crippen LogP contribution in [0, 0.1) is 18.7 Å². The minimum absolute atomic E-state index is 0.110. The molecule has 2 amide bonds. The second kappa shape index (κ2) is 7.52. The summed E-state index contributed by atoms with van der Waals surface area (Å²) in [6.07, 6.45) is 1.86. The molecule has 0 aliphatic carbocycles. The molecular formula is C21H18FN3O2S. The molecule has 1 fully saturated rings. The molecule has 2 aromatic carbocycles. The monoisotopic (exact) mass is 395 g/mol. The highest BCUT2D eigenvalue weighted by Gasteiger charge is 2.35. The first-order valence-corrected chi connectivity index (χ1v) is 9.76. The minimum Gasteiger partial charge on any atom is -0.326 e. The number of nitrogens with one attached hydrogen (secondary N) is 1. The molecule has 1 saturated heterocycles. The van der Waals surface area contributed by atoms with Crippen molar-refractivity contribution in [3.8, 4) is 10.6 Å². The number of halogens is 1. The van der Waals surface area contributed by atoms with Crippen molar-refractivity contribution in [1.29, 1.82) is 0 Å². The fourth-order valence-corrected chi connectivity index (χ4v) is 3.83. The number of nitrogens with zero attached hydrogens (tertiary/aromatic N) is 2. The van der Waals surface area contributed by atoms with E-state index >= 15 is 0 Å². The number of benzene rings is 2. The van der Waals surface area contributed by atoms with Crippen LogP contribution in [-0.2, 0) is 9.59 Å². The molecule has 1 atom stereocenters. The van der Waals surface area contributed by atoms with Crippen molar-refractivity contribution < 1.29 is 14.0 Å². The molecule has 0 saturated carbocycles. The van der Waals surface area contributed by atoms with E-state index in [9.17, 15) is 14.0 Å². The topological polar surface area (TPSA) is 62.3 Å². The maximum absolute atomic E-state index is 13.8. The van der Waals surface area contributed by atoms with Crippen LogP contribution in [0.5, 0.6) is 0 Å². The Morgan fingerprint density at radius 1 is 1.25 bits per heavy atom. The van der Waals surface area contributed by atoms with Gasteiger partial charge >= 0.3 is 0 Å². The smallest absolute Gasteiger partial charge is 0.229 e. The van der Waals surface area contributed by atoms with Crippen LogP contribution in [0.2, 0.25) is 0 Å². The summed E-state index contributed by atoms with van der Waals surface area (Å²) in [5.41, 5.74) is 2.65. The van der Waals surface area contributed by atoms with E-state index in [4.69, 9.17) is 0 Å². The maximum Gasteiger partial charge on any atom is 0.229 e. The van der Waals surface area contributed by atoms with Crippen molar-refractivity contribution in [2.45, 2.75) is 13.3 Å². The largest absolute Gasteiger partial charge is 0.326 e. The van der Waals surface area contributed by atoms with Gasteiger partial charge in [-0.1, -0.05) is 6.07 Å².